The minimum atomic E-state index is -0.0573. The van der Waals surface area contributed by atoms with Crippen LogP contribution in [-0.4, -0.2) is 49.1 Å². The summed E-state index contributed by atoms with van der Waals surface area (Å²) in [5.41, 5.74) is 0.667. The molecule has 2 amide bonds. The number of carbonyl (C=O) groups excluding carboxylic acids is 2. The predicted molar refractivity (Wildman–Crippen MR) is 96.6 cm³/mol. The van der Waals surface area contributed by atoms with Crippen molar-refractivity contribution in [1.82, 2.24) is 4.90 Å². The summed E-state index contributed by atoms with van der Waals surface area (Å²) in [4.78, 5) is 25.9. The number of anilines is 1. The molecule has 1 aromatic rings. The number of nitrogens with one attached hydrogen (secondary N) is 1. The minimum Gasteiger partial charge on any atom is -0.484 e. The van der Waals surface area contributed by atoms with Crippen molar-refractivity contribution in [2.75, 3.05) is 31.7 Å². The van der Waals surface area contributed by atoms with Crippen molar-refractivity contribution in [3.8, 4) is 5.75 Å². The van der Waals surface area contributed by atoms with Crippen LogP contribution in [0.25, 0.3) is 0 Å². The van der Waals surface area contributed by atoms with Crippen LogP contribution in [0.5, 0.6) is 5.75 Å². The molecule has 0 aromatic heterocycles. The Morgan fingerprint density at radius 1 is 1.40 bits per heavy atom. The van der Waals surface area contributed by atoms with Gasteiger partial charge < -0.3 is 19.7 Å². The first-order valence-corrected chi connectivity index (χ1v) is 8.89. The monoisotopic (exact) mass is 348 g/mol. The van der Waals surface area contributed by atoms with Gasteiger partial charge in [-0.2, -0.15) is 0 Å². The maximum atomic E-state index is 12.5. The second-order valence-corrected chi connectivity index (χ2v) is 6.66. The van der Waals surface area contributed by atoms with Crippen LogP contribution < -0.4 is 10.1 Å². The van der Waals surface area contributed by atoms with E-state index in [1.54, 1.807) is 31.2 Å². The van der Waals surface area contributed by atoms with Crippen LogP contribution >= 0.6 is 0 Å². The van der Waals surface area contributed by atoms with Crippen molar-refractivity contribution < 1.29 is 19.1 Å². The Morgan fingerprint density at radius 2 is 2.20 bits per heavy atom. The van der Waals surface area contributed by atoms with Gasteiger partial charge in [-0.3, -0.25) is 9.59 Å². The zero-order valence-electron chi connectivity index (χ0n) is 15.3. The van der Waals surface area contributed by atoms with Crippen LogP contribution in [-0.2, 0) is 14.3 Å². The fourth-order valence-electron chi connectivity index (χ4n) is 2.86. The molecule has 0 aliphatic carbocycles. The first kappa shape index (κ1) is 19.2. The standard InChI is InChI=1S/C19H28N2O4/c1-4-18(22)20-15-6-5-7-17(11-15)25-13-19(23)21-8-9-24-12-16(21)10-14(2)3/h5-7,11,14,16H,4,8-10,12-13H2,1-3H3,(H,20,22)/t16-/m0/s1. The number of hydrogen-bond acceptors (Lipinski definition) is 4. The summed E-state index contributed by atoms with van der Waals surface area (Å²) in [6, 6.07) is 7.20. The molecule has 1 aliphatic heterocycles. The first-order chi connectivity index (χ1) is 12.0. The van der Waals surface area contributed by atoms with Crippen LogP contribution in [0.2, 0.25) is 0 Å². The SMILES string of the molecule is CCC(=O)Nc1cccc(OCC(=O)N2CCOC[C@@H]2CC(C)C)c1. The Bertz CT molecular complexity index is 589. The third-order valence-electron chi connectivity index (χ3n) is 4.09. The first-order valence-electron chi connectivity index (χ1n) is 8.89. The third kappa shape index (κ3) is 6.05. The number of morpholine rings is 1. The Hall–Kier alpha value is -2.08. The summed E-state index contributed by atoms with van der Waals surface area (Å²) >= 11 is 0. The van der Waals surface area contributed by atoms with Gasteiger partial charge in [0.2, 0.25) is 5.91 Å². The molecular formula is C19H28N2O4. The summed E-state index contributed by atoms with van der Waals surface area (Å²) in [6.45, 7) is 7.82. The lowest BCUT2D eigenvalue weighted by Crippen LogP contribution is -2.50. The Kier molecular flexibility index (Phi) is 7.25. The van der Waals surface area contributed by atoms with Gasteiger partial charge in [-0.05, 0) is 24.5 Å². The van der Waals surface area contributed by atoms with Crippen molar-refractivity contribution in [2.24, 2.45) is 5.92 Å². The maximum Gasteiger partial charge on any atom is 0.260 e. The van der Waals surface area contributed by atoms with Gasteiger partial charge in [0.25, 0.3) is 5.91 Å². The molecule has 1 saturated heterocycles. The number of nitrogens with zero attached hydrogens (tertiary/aromatic N) is 1. The third-order valence-corrected chi connectivity index (χ3v) is 4.09. The highest BCUT2D eigenvalue weighted by molar-refractivity contribution is 5.90. The maximum absolute atomic E-state index is 12.5. The largest absolute Gasteiger partial charge is 0.484 e. The molecule has 25 heavy (non-hydrogen) atoms. The van der Waals surface area contributed by atoms with E-state index in [0.717, 1.165) is 6.42 Å². The Balaban J connectivity index is 1.92. The van der Waals surface area contributed by atoms with E-state index in [1.165, 1.54) is 0 Å². The number of ether oxygens (including phenoxy) is 2. The van der Waals surface area contributed by atoms with Crippen LogP contribution in [0.1, 0.15) is 33.6 Å². The fraction of sp³-hybridized carbons (Fsp3) is 0.579. The van der Waals surface area contributed by atoms with Crippen molar-refractivity contribution >= 4 is 17.5 Å². The zero-order chi connectivity index (χ0) is 18.2. The molecule has 1 N–H and O–H groups in total. The lowest BCUT2D eigenvalue weighted by Gasteiger charge is -2.36. The van der Waals surface area contributed by atoms with E-state index in [1.807, 2.05) is 4.90 Å². The van der Waals surface area contributed by atoms with Gasteiger partial charge in [0, 0.05) is 24.7 Å². The van der Waals surface area contributed by atoms with Crippen molar-refractivity contribution in [3.05, 3.63) is 24.3 Å². The van der Waals surface area contributed by atoms with Gasteiger partial charge in [-0.25, -0.2) is 0 Å². The van der Waals surface area contributed by atoms with Crippen LogP contribution in [0, 0.1) is 5.92 Å². The van der Waals surface area contributed by atoms with Crippen molar-refractivity contribution in [1.29, 1.82) is 0 Å². The van der Waals surface area contributed by atoms with Gasteiger partial charge in [0.1, 0.15) is 5.75 Å². The Labute approximate surface area is 149 Å². The lowest BCUT2D eigenvalue weighted by molar-refractivity contribution is -0.142. The number of hydrogen-bond donors (Lipinski definition) is 1. The molecule has 0 bridgehead atoms. The summed E-state index contributed by atoms with van der Waals surface area (Å²) in [5.74, 6) is 0.979. The Morgan fingerprint density at radius 3 is 2.92 bits per heavy atom. The average Bonchev–Trinajstić information content (AvgIpc) is 2.60. The molecule has 1 heterocycles. The molecule has 1 aromatic carbocycles. The van der Waals surface area contributed by atoms with Crippen LogP contribution in [0.3, 0.4) is 0 Å². The normalized spacial score (nSPS) is 17.4. The van der Waals surface area contributed by atoms with Gasteiger partial charge in [-0.15, -0.1) is 0 Å². The fourth-order valence-corrected chi connectivity index (χ4v) is 2.86. The molecule has 1 fully saturated rings. The molecular weight excluding hydrogens is 320 g/mol. The quantitative estimate of drug-likeness (QED) is 0.823. The average molecular weight is 348 g/mol. The van der Waals surface area contributed by atoms with Crippen LogP contribution in [0.4, 0.5) is 5.69 Å². The van der Waals surface area contributed by atoms with Gasteiger partial charge in [0.15, 0.2) is 6.61 Å². The highest BCUT2D eigenvalue weighted by atomic mass is 16.5. The molecule has 2 rings (SSSR count). The number of rotatable bonds is 7. The van der Waals surface area contributed by atoms with E-state index < -0.39 is 0 Å². The molecule has 1 atom stereocenters. The van der Waals surface area contributed by atoms with Gasteiger partial charge in [-0.1, -0.05) is 26.8 Å². The van der Waals surface area contributed by atoms with Crippen LogP contribution in [0.15, 0.2) is 24.3 Å². The van der Waals surface area contributed by atoms with E-state index >= 15 is 0 Å². The van der Waals surface area contributed by atoms with E-state index in [2.05, 4.69) is 19.2 Å². The molecule has 138 valence electrons. The predicted octanol–water partition coefficient (Wildman–Crippen LogP) is 2.69. The lowest BCUT2D eigenvalue weighted by atomic mass is 10.0. The minimum absolute atomic E-state index is 0.0141. The molecule has 1 aliphatic rings. The van der Waals surface area contributed by atoms with Crippen molar-refractivity contribution in [3.63, 3.8) is 0 Å². The van der Waals surface area contributed by atoms with E-state index in [4.69, 9.17) is 9.47 Å². The summed E-state index contributed by atoms with van der Waals surface area (Å²) in [6.07, 6.45) is 1.34. The summed E-state index contributed by atoms with van der Waals surface area (Å²) < 4.78 is 11.2. The smallest absolute Gasteiger partial charge is 0.260 e. The molecule has 0 radical (unpaired) electrons. The molecule has 6 heteroatoms. The van der Waals surface area contributed by atoms with Gasteiger partial charge >= 0.3 is 0 Å². The molecule has 0 saturated carbocycles. The summed E-state index contributed by atoms with van der Waals surface area (Å²) in [5, 5.41) is 2.78. The highest BCUT2D eigenvalue weighted by Crippen LogP contribution is 2.19. The molecule has 0 unspecified atom stereocenters. The van der Waals surface area contributed by atoms with E-state index in [9.17, 15) is 9.59 Å². The van der Waals surface area contributed by atoms with E-state index in [0.29, 0.717) is 43.5 Å². The number of amides is 2. The van der Waals surface area contributed by atoms with Crippen molar-refractivity contribution in [2.45, 2.75) is 39.7 Å². The molecule has 6 nitrogen and oxygen atoms in total. The number of carbonyl (C=O) groups is 2. The second kappa shape index (κ2) is 9.42. The van der Waals surface area contributed by atoms with Gasteiger partial charge in [0.05, 0.1) is 19.3 Å². The summed E-state index contributed by atoms with van der Waals surface area (Å²) in [7, 11) is 0. The zero-order valence-corrected chi connectivity index (χ0v) is 15.3. The molecule has 0 spiro atoms. The second-order valence-electron chi connectivity index (χ2n) is 6.66. The number of benzene rings is 1. The van der Waals surface area contributed by atoms with E-state index in [-0.39, 0.29) is 24.5 Å². The topological polar surface area (TPSA) is 67.9 Å². The highest BCUT2D eigenvalue weighted by Gasteiger charge is 2.28.